The van der Waals surface area contributed by atoms with Gasteiger partial charge < -0.3 is 15.1 Å². The zero-order chi connectivity index (χ0) is 12.1. The van der Waals surface area contributed by atoms with Crippen molar-refractivity contribution >= 4 is 17.0 Å². The van der Waals surface area contributed by atoms with E-state index in [9.17, 15) is 0 Å². The molecular formula is C10H16N6O. The molecule has 0 atom stereocenters. The molecule has 0 saturated heterocycles. The van der Waals surface area contributed by atoms with Gasteiger partial charge in [-0.05, 0) is 6.42 Å². The van der Waals surface area contributed by atoms with Gasteiger partial charge in [0.15, 0.2) is 11.5 Å². The van der Waals surface area contributed by atoms with Crippen molar-refractivity contribution in [1.82, 2.24) is 25.0 Å². The van der Waals surface area contributed by atoms with Crippen molar-refractivity contribution in [2.45, 2.75) is 6.42 Å². The van der Waals surface area contributed by atoms with Crippen LogP contribution in [0.25, 0.3) is 11.2 Å². The molecule has 0 unspecified atom stereocenters. The largest absolute Gasteiger partial charge is 0.368 e. The molecule has 92 valence electrons. The monoisotopic (exact) mass is 236 g/mol. The van der Waals surface area contributed by atoms with E-state index in [0.29, 0.717) is 0 Å². The van der Waals surface area contributed by atoms with Gasteiger partial charge >= 0.3 is 0 Å². The second kappa shape index (κ2) is 5.55. The van der Waals surface area contributed by atoms with Gasteiger partial charge in [0.2, 0.25) is 0 Å². The van der Waals surface area contributed by atoms with Crippen molar-refractivity contribution in [3.63, 3.8) is 0 Å². The molecular weight excluding hydrogens is 220 g/mol. The third-order valence-corrected chi connectivity index (χ3v) is 2.47. The number of rotatable bonds is 6. The SMILES string of the molecule is CON(C)CCCNc1ncnc2[nH]cnc12. The lowest BCUT2D eigenvalue weighted by Gasteiger charge is -2.13. The summed E-state index contributed by atoms with van der Waals surface area (Å²) in [5.41, 5.74) is 1.52. The maximum absolute atomic E-state index is 5.02. The average Bonchev–Trinajstić information content (AvgIpc) is 2.83. The van der Waals surface area contributed by atoms with Gasteiger partial charge in [-0.1, -0.05) is 0 Å². The predicted molar refractivity (Wildman–Crippen MR) is 64.4 cm³/mol. The van der Waals surface area contributed by atoms with Gasteiger partial charge in [0, 0.05) is 20.1 Å². The van der Waals surface area contributed by atoms with Gasteiger partial charge in [-0.2, -0.15) is 5.06 Å². The van der Waals surface area contributed by atoms with Crippen LogP contribution in [0.5, 0.6) is 0 Å². The number of nitrogens with zero attached hydrogens (tertiary/aromatic N) is 4. The summed E-state index contributed by atoms with van der Waals surface area (Å²) < 4.78 is 0. The third-order valence-electron chi connectivity index (χ3n) is 2.47. The fourth-order valence-corrected chi connectivity index (χ4v) is 1.49. The molecule has 0 aliphatic heterocycles. The quantitative estimate of drug-likeness (QED) is 0.566. The lowest BCUT2D eigenvalue weighted by atomic mass is 10.4. The molecule has 7 heteroatoms. The second-order valence-electron chi connectivity index (χ2n) is 3.64. The van der Waals surface area contributed by atoms with Gasteiger partial charge in [0.1, 0.15) is 11.8 Å². The summed E-state index contributed by atoms with van der Waals surface area (Å²) in [6, 6.07) is 0. The van der Waals surface area contributed by atoms with Crippen LogP contribution in [-0.4, -0.2) is 52.2 Å². The molecule has 2 aromatic rings. The van der Waals surface area contributed by atoms with Crippen molar-refractivity contribution in [2.75, 3.05) is 32.6 Å². The van der Waals surface area contributed by atoms with E-state index in [1.807, 2.05) is 7.05 Å². The number of aromatic nitrogens is 4. The number of hydrogen-bond donors (Lipinski definition) is 2. The highest BCUT2D eigenvalue weighted by Crippen LogP contribution is 2.13. The number of anilines is 1. The summed E-state index contributed by atoms with van der Waals surface area (Å²) in [6.45, 7) is 1.67. The second-order valence-corrected chi connectivity index (χ2v) is 3.64. The fourth-order valence-electron chi connectivity index (χ4n) is 1.49. The first-order valence-electron chi connectivity index (χ1n) is 5.44. The van der Waals surface area contributed by atoms with Crippen molar-refractivity contribution in [1.29, 1.82) is 0 Å². The Hall–Kier alpha value is -1.73. The first-order valence-corrected chi connectivity index (χ1v) is 5.44. The Morgan fingerprint density at radius 2 is 2.29 bits per heavy atom. The summed E-state index contributed by atoms with van der Waals surface area (Å²) in [5.74, 6) is 0.760. The Kier molecular flexibility index (Phi) is 3.84. The van der Waals surface area contributed by atoms with Gasteiger partial charge in [0.05, 0.1) is 13.4 Å². The van der Waals surface area contributed by atoms with Crippen LogP contribution < -0.4 is 5.32 Å². The molecule has 0 fully saturated rings. The Morgan fingerprint density at radius 3 is 3.12 bits per heavy atom. The molecule has 0 aliphatic carbocycles. The number of hydroxylamine groups is 2. The zero-order valence-corrected chi connectivity index (χ0v) is 9.97. The Labute approximate surface area is 99.2 Å². The summed E-state index contributed by atoms with van der Waals surface area (Å²) in [4.78, 5) is 20.4. The van der Waals surface area contributed by atoms with Crippen molar-refractivity contribution in [3.05, 3.63) is 12.7 Å². The first kappa shape index (κ1) is 11.7. The summed E-state index contributed by atoms with van der Waals surface area (Å²) in [5, 5.41) is 5.02. The molecule has 2 heterocycles. The minimum atomic E-state index is 0.747. The number of imidazole rings is 1. The molecule has 17 heavy (non-hydrogen) atoms. The molecule has 0 spiro atoms. The van der Waals surface area contributed by atoms with Crippen LogP contribution in [0.2, 0.25) is 0 Å². The summed E-state index contributed by atoms with van der Waals surface area (Å²) >= 11 is 0. The highest BCUT2D eigenvalue weighted by atomic mass is 16.7. The first-order chi connectivity index (χ1) is 8.31. The lowest BCUT2D eigenvalue weighted by Crippen LogP contribution is -2.20. The molecule has 0 aromatic carbocycles. The standard InChI is InChI=1S/C10H16N6O/c1-16(17-2)5-3-4-11-9-8-10(13-6-12-8)15-7-14-9/h6-7H,3-5H2,1-2H3,(H2,11,12,13,14,15). The molecule has 0 radical (unpaired) electrons. The van der Waals surface area contributed by atoms with Crippen LogP contribution in [-0.2, 0) is 4.84 Å². The Balaban J connectivity index is 1.88. The average molecular weight is 236 g/mol. The normalized spacial score (nSPS) is 11.2. The van der Waals surface area contributed by atoms with Crippen molar-refractivity contribution in [3.8, 4) is 0 Å². The van der Waals surface area contributed by atoms with E-state index in [-0.39, 0.29) is 0 Å². The number of fused-ring (bicyclic) bond motifs is 1. The van der Waals surface area contributed by atoms with E-state index in [1.54, 1.807) is 18.5 Å². The number of nitrogens with one attached hydrogen (secondary N) is 2. The predicted octanol–water partition coefficient (Wildman–Crippen LogP) is 0.648. The van der Waals surface area contributed by atoms with Gasteiger partial charge in [-0.25, -0.2) is 15.0 Å². The van der Waals surface area contributed by atoms with Crippen LogP contribution in [0, 0.1) is 0 Å². The minimum absolute atomic E-state index is 0.747. The van der Waals surface area contributed by atoms with Crippen molar-refractivity contribution < 1.29 is 4.84 Å². The van der Waals surface area contributed by atoms with Crippen LogP contribution in [0.4, 0.5) is 5.82 Å². The van der Waals surface area contributed by atoms with Crippen LogP contribution >= 0.6 is 0 Å². The van der Waals surface area contributed by atoms with E-state index < -0.39 is 0 Å². The topological polar surface area (TPSA) is 79.0 Å². The number of aromatic amines is 1. The van der Waals surface area contributed by atoms with E-state index in [4.69, 9.17) is 4.84 Å². The van der Waals surface area contributed by atoms with E-state index in [2.05, 4.69) is 25.3 Å². The molecule has 2 N–H and O–H groups in total. The maximum atomic E-state index is 5.02. The smallest absolute Gasteiger partial charge is 0.162 e. The highest BCUT2D eigenvalue weighted by Gasteiger charge is 2.04. The fraction of sp³-hybridized carbons (Fsp3) is 0.500. The third kappa shape index (κ3) is 2.89. The summed E-state index contributed by atoms with van der Waals surface area (Å²) in [7, 11) is 3.56. The van der Waals surface area contributed by atoms with E-state index >= 15 is 0 Å². The van der Waals surface area contributed by atoms with E-state index in [0.717, 1.165) is 36.5 Å². The number of hydrogen-bond acceptors (Lipinski definition) is 6. The van der Waals surface area contributed by atoms with Crippen LogP contribution in [0.3, 0.4) is 0 Å². The van der Waals surface area contributed by atoms with Crippen molar-refractivity contribution in [2.24, 2.45) is 0 Å². The Morgan fingerprint density at radius 1 is 1.41 bits per heavy atom. The maximum Gasteiger partial charge on any atom is 0.162 e. The molecule has 0 saturated carbocycles. The van der Waals surface area contributed by atoms with Crippen LogP contribution in [0.15, 0.2) is 12.7 Å². The molecule has 0 bridgehead atoms. The molecule has 0 aliphatic rings. The Bertz CT molecular complexity index is 471. The number of H-pyrrole nitrogens is 1. The molecule has 0 amide bonds. The minimum Gasteiger partial charge on any atom is -0.368 e. The van der Waals surface area contributed by atoms with Gasteiger partial charge in [0.25, 0.3) is 0 Å². The summed E-state index contributed by atoms with van der Waals surface area (Å²) in [6.07, 6.45) is 4.09. The van der Waals surface area contributed by atoms with Gasteiger partial charge in [-0.15, -0.1) is 0 Å². The molecule has 2 aromatic heterocycles. The van der Waals surface area contributed by atoms with Gasteiger partial charge in [-0.3, -0.25) is 0 Å². The zero-order valence-electron chi connectivity index (χ0n) is 9.97. The van der Waals surface area contributed by atoms with E-state index in [1.165, 1.54) is 6.33 Å². The molecule has 7 nitrogen and oxygen atoms in total. The molecule has 2 rings (SSSR count). The highest BCUT2D eigenvalue weighted by molar-refractivity contribution is 5.81. The lowest BCUT2D eigenvalue weighted by molar-refractivity contribution is -0.108. The van der Waals surface area contributed by atoms with Crippen LogP contribution in [0.1, 0.15) is 6.42 Å².